The summed E-state index contributed by atoms with van der Waals surface area (Å²) >= 11 is 0. The summed E-state index contributed by atoms with van der Waals surface area (Å²) in [4.78, 5) is 9.72. The number of ether oxygens (including phenoxy) is 1. The van der Waals surface area contributed by atoms with E-state index in [2.05, 4.69) is 15.0 Å². The summed E-state index contributed by atoms with van der Waals surface area (Å²) in [5, 5.41) is 8.74. The normalized spacial score (nSPS) is 14.7. The molecular formula is C23H14F2N4O. The average molecular weight is 400 g/mol. The third-order valence-electron chi connectivity index (χ3n) is 5.00. The second-order valence-corrected chi connectivity index (χ2v) is 6.90. The fourth-order valence-corrected chi connectivity index (χ4v) is 3.66. The number of nitrogens with zero attached hydrogens (tertiary/aromatic N) is 2. The highest BCUT2D eigenvalue weighted by Crippen LogP contribution is 2.38. The van der Waals surface area contributed by atoms with Crippen LogP contribution in [0.25, 0.3) is 22.7 Å². The molecule has 146 valence electrons. The van der Waals surface area contributed by atoms with Gasteiger partial charge in [-0.05, 0) is 59.2 Å². The van der Waals surface area contributed by atoms with Gasteiger partial charge in [-0.1, -0.05) is 12.1 Å². The van der Waals surface area contributed by atoms with Crippen molar-refractivity contribution in [2.24, 2.45) is 4.99 Å². The first kappa shape index (κ1) is 17.9. The number of nitriles is 1. The number of benzene rings is 3. The van der Waals surface area contributed by atoms with E-state index in [0.717, 1.165) is 33.3 Å². The van der Waals surface area contributed by atoms with E-state index < -0.39 is 5.82 Å². The quantitative estimate of drug-likeness (QED) is 0.457. The molecule has 1 aliphatic heterocycles. The minimum absolute atomic E-state index is 0.143. The molecule has 30 heavy (non-hydrogen) atoms. The second kappa shape index (κ2) is 7.01. The summed E-state index contributed by atoms with van der Waals surface area (Å²) in [7, 11) is 0. The smallest absolute Gasteiger partial charge is 0.216 e. The fourth-order valence-electron chi connectivity index (χ4n) is 3.66. The van der Waals surface area contributed by atoms with Gasteiger partial charge in [0.05, 0.1) is 11.0 Å². The third-order valence-corrected chi connectivity index (χ3v) is 5.00. The van der Waals surface area contributed by atoms with Crippen molar-refractivity contribution >= 4 is 22.7 Å². The number of nitrogens with one attached hydrogen (secondary N) is 2. The molecule has 0 fully saturated rings. The summed E-state index contributed by atoms with van der Waals surface area (Å²) in [5.74, 6) is -0.351. The maximum Gasteiger partial charge on any atom is 0.216 e. The van der Waals surface area contributed by atoms with Crippen molar-refractivity contribution in [3.63, 3.8) is 0 Å². The Labute approximate surface area is 169 Å². The molecule has 0 atom stereocenters. The molecule has 0 aliphatic carbocycles. The van der Waals surface area contributed by atoms with E-state index in [-0.39, 0.29) is 12.4 Å². The molecule has 5 nitrogen and oxygen atoms in total. The number of halogens is 2. The molecule has 0 saturated carbocycles. The Morgan fingerprint density at radius 2 is 1.70 bits per heavy atom. The van der Waals surface area contributed by atoms with Gasteiger partial charge in [0.25, 0.3) is 0 Å². The van der Waals surface area contributed by atoms with Gasteiger partial charge in [-0.25, -0.2) is 8.78 Å². The van der Waals surface area contributed by atoms with E-state index in [0.29, 0.717) is 16.9 Å². The lowest BCUT2D eigenvalue weighted by Gasteiger charge is -2.11. The van der Waals surface area contributed by atoms with Crippen LogP contribution in [0.4, 0.5) is 8.78 Å². The summed E-state index contributed by atoms with van der Waals surface area (Å²) < 4.78 is 33.4. The number of rotatable bonds is 1. The van der Waals surface area contributed by atoms with E-state index >= 15 is 0 Å². The lowest BCUT2D eigenvalue weighted by molar-refractivity contribution is 0.305. The fraction of sp³-hybridized carbons (Fsp3) is 0.0435. The molecule has 0 radical (unpaired) electrons. The Morgan fingerprint density at radius 3 is 2.53 bits per heavy atom. The lowest BCUT2D eigenvalue weighted by Crippen LogP contribution is -2.03. The van der Waals surface area contributed by atoms with Crippen LogP contribution in [0, 0.1) is 23.1 Å². The Bertz CT molecular complexity index is 1380. The zero-order valence-electron chi connectivity index (χ0n) is 15.5. The lowest BCUT2D eigenvalue weighted by atomic mass is 9.92. The SMILES string of the molecule is N#CN=c1[nH]c2ccc(C=C3c4ccc(F)cc4COc4cc(F)ccc43)cc2[nH]1. The van der Waals surface area contributed by atoms with Crippen LogP contribution in [0.1, 0.15) is 22.3 Å². The van der Waals surface area contributed by atoms with Gasteiger partial charge < -0.3 is 14.7 Å². The maximum absolute atomic E-state index is 13.8. The van der Waals surface area contributed by atoms with Crippen molar-refractivity contribution in [2.45, 2.75) is 6.61 Å². The Kier molecular flexibility index (Phi) is 4.18. The van der Waals surface area contributed by atoms with Crippen molar-refractivity contribution < 1.29 is 13.5 Å². The Hall–Kier alpha value is -4.18. The first-order valence-electron chi connectivity index (χ1n) is 9.19. The zero-order chi connectivity index (χ0) is 20.7. The molecule has 1 aromatic heterocycles. The molecular weight excluding hydrogens is 386 g/mol. The monoisotopic (exact) mass is 400 g/mol. The van der Waals surface area contributed by atoms with Crippen molar-refractivity contribution in [3.8, 4) is 11.9 Å². The first-order valence-corrected chi connectivity index (χ1v) is 9.19. The molecule has 2 N–H and O–H groups in total. The molecule has 2 heterocycles. The minimum atomic E-state index is -0.401. The van der Waals surface area contributed by atoms with Gasteiger partial charge in [-0.15, -0.1) is 4.99 Å². The van der Waals surface area contributed by atoms with E-state index in [1.165, 1.54) is 24.3 Å². The van der Waals surface area contributed by atoms with Gasteiger partial charge in [0.2, 0.25) is 11.8 Å². The Morgan fingerprint density at radius 1 is 0.933 bits per heavy atom. The predicted octanol–water partition coefficient (Wildman–Crippen LogP) is 4.64. The largest absolute Gasteiger partial charge is 0.488 e. The molecule has 0 spiro atoms. The molecule has 0 bridgehead atoms. The minimum Gasteiger partial charge on any atom is -0.488 e. The van der Waals surface area contributed by atoms with Crippen LogP contribution in [-0.4, -0.2) is 9.97 Å². The summed E-state index contributed by atoms with van der Waals surface area (Å²) in [6, 6.07) is 14.6. The number of aromatic nitrogens is 2. The predicted molar refractivity (Wildman–Crippen MR) is 108 cm³/mol. The zero-order valence-corrected chi connectivity index (χ0v) is 15.5. The van der Waals surface area contributed by atoms with Crippen molar-refractivity contribution in [1.82, 2.24) is 9.97 Å². The highest BCUT2D eigenvalue weighted by molar-refractivity contribution is 5.95. The number of hydrogen-bond donors (Lipinski definition) is 2. The van der Waals surface area contributed by atoms with Gasteiger partial charge >= 0.3 is 0 Å². The van der Waals surface area contributed by atoms with Crippen molar-refractivity contribution in [3.05, 3.63) is 94.1 Å². The third kappa shape index (κ3) is 3.14. The highest BCUT2D eigenvalue weighted by atomic mass is 19.1. The number of fused-ring (bicyclic) bond motifs is 3. The summed E-state index contributed by atoms with van der Waals surface area (Å²) in [6.45, 7) is 0.143. The van der Waals surface area contributed by atoms with Crippen LogP contribution in [0.2, 0.25) is 0 Å². The number of hydrogen-bond acceptors (Lipinski definition) is 3. The van der Waals surface area contributed by atoms with Crippen LogP contribution >= 0.6 is 0 Å². The Balaban J connectivity index is 1.72. The average Bonchev–Trinajstić information content (AvgIpc) is 3.06. The highest BCUT2D eigenvalue weighted by Gasteiger charge is 2.20. The molecule has 1 aliphatic rings. The second-order valence-electron chi connectivity index (χ2n) is 6.90. The van der Waals surface area contributed by atoms with E-state index in [1.807, 2.05) is 24.3 Å². The maximum atomic E-state index is 13.8. The van der Waals surface area contributed by atoms with Gasteiger partial charge in [0.15, 0.2) is 0 Å². The van der Waals surface area contributed by atoms with Crippen LogP contribution < -0.4 is 10.4 Å². The molecule has 0 amide bonds. The topological polar surface area (TPSA) is 77.0 Å². The van der Waals surface area contributed by atoms with Crippen LogP contribution in [0.5, 0.6) is 5.75 Å². The van der Waals surface area contributed by atoms with E-state index in [1.54, 1.807) is 18.3 Å². The molecule has 0 unspecified atom stereocenters. The van der Waals surface area contributed by atoms with Crippen molar-refractivity contribution in [2.75, 3.05) is 0 Å². The van der Waals surface area contributed by atoms with Crippen LogP contribution in [-0.2, 0) is 6.61 Å². The van der Waals surface area contributed by atoms with Gasteiger partial charge in [-0.3, -0.25) is 0 Å². The number of H-pyrrole nitrogens is 2. The van der Waals surface area contributed by atoms with Crippen LogP contribution in [0.3, 0.4) is 0 Å². The van der Waals surface area contributed by atoms with E-state index in [9.17, 15) is 8.78 Å². The van der Waals surface area contributed by atoms with Gasteiger partial charge in [0.1, 0.15) is 24.0 Å². The number of aromatic amines is 2. The first-order chi connectivity index (χ1) is 14.6. The molecule has 5 rings (SSSR count). The number of imidazole rings is 1. The standard InChI is InChI=1S/C23H14F2N4O/c24-15-2-4-17-14(9-15)11-30-22-10-16(25)3-5-18(22)19(17)7-13-1-6-20-21(8-13)29-23(28-20)27-12-26/h1-10H,11H2,(H2,27,28,29). The van der Waals surface area contributed by atoms with Crippen molar-refractivity contribution in [1.29, 1.82) is 5.26 Å². The molecule has 3 aromatic carbocycles. The summed E-state index contributed by atoms with van der Waals surface area (Å²) in [5.41, 5.74) is 5.84. The van der Waals surface area contributed by atoms with Gasteiger partial charge in [-0.2, -0.15) is 5.26 Å². The van der Waals surface area contributed by atoms with Gasteiger partial charge in [0, 0.05) is 17.2 Å². The van der Waals surface area contributed by atoms with E-state index in [4.69, 9.17) is 10.00 Å². The summed E-state index contributed by atoms with van der Waals surface area (Å²) in [6.07, 6.45) is 3.69. The molecule has 4 aromatic rings. The molecule has 0 saturated heterocycles. The molecule has 7 heteroatoms. The van der Waals surface area contributed by atoms with Crippen LogP contribution in [0.15, 0.2) is 59.6 Å².